The summed E-state index contributed by atoms with van der Waals surface area (Å²) in [5.74, 6) is 0.295. The Morgan fingerprint density at radius 2 is 2.07 bits per heavy atom. The fraction of sp³-hybridized carbons (Fsp3) is 0.643. The topological polar surface area (TPSA) is 149 Å². The van der Waals surface area contributed by atoms with Crippen molar-refractivity contribution in [3.05, 3.63) is 17.3 Å². The third-order valence-corrected chi connectivity index (χ3v) is 5.12. The molecule has 150 valence electrons. The molecule has 1 fully saturated rings. The van der Waals surface area contributed by atoms with Gasteiger partial charge in [-0.15, -0.1) is 0 Å². The van der Waals surface area contributed by atoms with Crippen LogP contribution in [0.5, 0.6) is 0 Å². The molecule has 1 saturated heterocycles. The first kappa shape index (κ1) is 20.3. The molecule has 1 aliphatic rings. The van der Waals surface area contributed by atoms with Crippen LogP contribution >= 0.6 is 11.6 Å². The molecule has 0 spiro atoms. The number of aliphatic hydroxyl groups excluding tert-OH is 2. The molecule has 0 aromatic carbocycles. The third-order valence-electron chi connectivity index (χ3n) is 4.01. The van der Waals surface area contributed by atoms with Crippen molar-refractivity contribution < 1.29 is 27.6 Å². The van der Waals surface area contributed by atoms with Crippen LogP contribution in [0.25, 0.3) is 11.2 Å². The number of aromatic nitrogens is 4. The lowest BCUT2D eigenvalue weighted by Gasteiger charge is -2.16. The molecule has 2 aromatic heterocycles. The van der Waals surface area contributed by atoms with Gasteiger partial charge in [0.1, 0.15) is 17.7 Å². The minimum atomic E-state index is -4.14. The first-order chi connectivity index (χ1) is 12.6. The molecule has 4 atom stereocenters. The van der Waals surface area contributed by atoms with Gasteiger partial charge in [0.15, 0.2) is 11.9 Å². The maximum Gasteiger partial charge on any atom is 0.338 e. The second-order valence-corrected chi connectivity index (χ2v) is 8.34. The van der Waals surface area contributed by atoms with E-state index >= 15 is 0 Å². The first-order valence-corrected chi connectivity index (χ1v) is 9.94. The normalized spacial score (nSPS) is 26.3. The zero-order valence-corrected chi connectivity index (χ0v) is 16.3. The van der Waals surface area contributed by atoms with Gasteiger partial charge in [-0.1, -0.05) is 13.8 Å². The van der Waals surface area contributed by atoms with E-state index in [9.17, 15) is 18.6 Å². The van der Waals surface area contributed by atoms with Gasteiger partial charge in [0.25, 0.3) is 0 Å². The lowest BCUT2D eigenvalue weighted by Crippen LogP contribution is -2.36. The molecule has 27 heavy (non-hydrogen) atoms. The molecule has 0 radical (unpaired) electrons. The van der Waals surface area contributed by atoms with Crippen molar-refractivity contribution in [1.29, 1.82) is 0 Å². The van der Waals surface area contributed by atoms with Crippen LogP contribution in [0.15, 0.2) is 6.33 Å². The predicted molar refractivity (Wildman–Crippen MR) is 93.9 cm³/mol. The highest BCUT2D eigenvalue weighted by molar-refractivity contribution is 7.84. The van der Waals surface area contributed by atoms with Gasteiger partial charge in [-0.25, -0.2) is 14.2 Å². The Bertz CT molecular complexity index is 935. The van der Waals surface area contributed by atoms with Crippen LogP contribution in [0.3, 0.4) is 0 Å². The zero-order valence-electron chi connectivity index (χ0n) is 14.8. The van der Waals surface area contributed by atoms with Crippen molar-refractivity contribution in [1.82, 2.24) is 24.2 Å². The number of fused-ring (bicyclic) bond motifs is 1. The van der Waals surface area contributed by atoms with Crippen molar-refractivity contribution in [3.8, 4) is 0 Å². The molecular formula is C14H20ClN5O6S. The van der Waals surface area contributed by atoms with Crippen LogP contribution in [0.4, 0.5) is 0 Å². The molecule has 13 heteroatoms. The van der Waals surface area contributed by atoms with Crippen LogP contribution in [-0.4, -0.2) is 63.7 Å². The summed E-state index contributed by atoms with van der Waals surface area (Å²) in [7, 11) is -3.00. The standard InChI is InChI=1S/C14H20ClN5O6S/c1-6(2)4-7-8-11(19-14(15)18-7)20(5-17-8)12-9(21)10(22)13(25-12)26-27(23,24)16-3/h5-6,9-10,12-13,16,21-22H,4H2,1-3H3/t9-,10+,12-,13-/m1/s1. The largest absolute Gasteiger partial charge is 0.385 e. The maximum atomic E-state index is 11.5. The molecule has 3 N–H and O–H groups in total. The monoisotopic (exact) mass is 421 g/mol. The molecule has 0 saturated carbocycles. The fourth-order valence-electron chi connectivity index (χ4n) is 2.77. The van der Waals surface area contributed by atoms with Crippen LogP contribution in [0.2, 0.25) is 5.28 Å². The second kappa shape index (κ2) is 7.54. The van der Waals surface area contributed by atoms with E-state index in [-0.39, 0.29) is 5.28 Å². The number of halogens is 1. The summed E-state index contributed by atoms with van der Waals surface area (Å²) >= 11 is 6.01. The summed E-state index contributed by atoms with van der Waals surface area (Å²) in [5.41, 5.74) is 1.40. The number of hydrogen-bond acceptors (Lipinski definition) is 9. The van der Waals surface area contributed by atoms with Gasteiger partial charge in [0.2, 0.25) is 11.6 Å². The molecule has 2 aromatic rings. The van der Waals surface area contributed by atoms with Gasteiger partial charge >= 0.3 is 10.3 Å². The Morgan fingerprint density at radius 3 is 2.70 bits per heavy atom. The fourth-order valence-corrected chi connectivity index (χ4v) is 3.46. The number of nitrogens with zero attached hydrogens (tertiary/aromatic N) is 4. The maximum absolute atomic E-state index is 11.5. The quantitative estimate of drug-likeness (QED) is 0.536. The van der Waals surface area contributed by atoms with Gasteiger partial charge in [0.05, 0.1) is 12.0 Å². The van der Waals surface area contributed by atoms with Crippen molar-refractivity contribution in [2.75, 3.05) is 7.05 Å². The summed E-state index contributed by atoms with van der Waals surface area (Å²) in [5, 5.41) is 20.4. The van der Waals surface area contributed by atoms with E-state index in [2.05, 4.69) is 15.0 Å². The average molecular weight is 422 g/mol. The number of aliphatic hydroxyl groups is 2. The molecular weight excluding hydrogens is 402 g/mol. The number of imidazole rings is 1. The van der Waals surface area contributed by atoms with Crippen molar-refractivity contribution >= 4 is 33.1 Å². The van der Waals surface area contributed by atoms with E-state index in [0.717, 1.165) is 7.05 Å². The number of hydrogen-bond donors (Lipinski definition) is 3. The Kier molecular flexibility index (Phi) is 5.68. The van der Waals surface area contributed by atoms with Crippen LogP contribution in [0.1, 0.15) is 25.8 Å². The third kappa shape index (κ3) is 4.06. The Hall–Kier alpha value is -1.41. The highest BCUT2D eigenvalue weighted by Gasteiger charge is 2.47. The summed E-state index contributed by atoms with van der Waals surface area (Å²) in [6.45, 7) is 4.03. The van der Waals surface area contributed by atoms with E-state index < -0.39 is 35.0 Å². The van der Waals surface area contributed by atoms with E-state index in [0.29, 0.717) is 29.2 Å². The van der Waals surface area contributed by atoms with Gasteiger partial charge in [-0.2, -0.15) is 18.1 Å². The highest BCUT2D eigenvalue weighted by atomic mass is 35.5. The molecule has 3 heterocycles. The summed E-state index contributed by atoms with van der Waals surface area (Å²) < 4.78 is 36.5. The lowest BCUT2D eigenvalue weighted by atomic mass is 10.1. The molecule has 1 aliphatic heterocycles. The molecule has 0 bridgehead atoms. The van der Waals surface area contributed by atoms with Gasteiger partial charge in [-0.05, 0) is 23.9 Å². The second-order valence-electron chi connectivity index (χ2n) is 6.49. The number of nitrogens with one attached hydrogen (secondary N) is 1. The number of rotatable bonds is 6. The van der Waals surface area contributed by atoms with E-state index in [4.69, 9.17) is 20.5 Å². The molecule has 0 unspecified atom stereocenters. The SMILES string of the molecule is CNS(=O)(=O)O[C@H]1O[C@@H](n2cnc3c(CC(C)C)nc(Cl)nc32)[C@H](O)[C@@H]1O. The zero-order chi connectivity index (χ0) is 19.9. The molecule has 3 rings (SSSR count). The van der Waals surface area contributed by atoms with E-state index in [1.807, 2.05) is 18.6 Å². The summed E-state index contributed by atoms with van der Waals surface area (Å²) in [6, 6.07) is 0. The first-order valence-electron chi connectivity index (χ1n) is 8.15. The van der Waals surface area contributed by atoms with Gasteiger partial charge in [0, 0.05) is 7.05 Å². The highest BCUT2D eigenvalue weighted by Crippen LogP contribution is 2.33. The predicted octanol–water partition coefficient (Wildman–Crippen LogP) is -0.264. The smallest absolute Gasteiger partial charge is 0.338 e. The van der Waals surface area contributed by atoms with Crippen molar-refractivity contribution in [3.63, 3.8) is 0 Å². The number of ether oxygens (including phenoxy) is 1. The minimum absolute atomic E-state index is 0.00139. The van der Waals surface area contributed by atoms with Crippen molar-refractivity contribution in [2.45, 2.75) is 45.0 Å². The van der Waals surface area contributed by atoms with E-state index in [1.165, 1.54) is 10.9 Å². The summed E-state index contributed by atoms with van der Waals surface area (Å²) in [6.07, 6.45) is -3.91. The minimum Gasteiger partial charge on any atom is -0.385 e. The Labute approximate surface area is 160 Å². The average Bonchev–Trinajstić information content (AvgIpc) is 3.10. The van der Waals surface area contributed by atoms with Crippen LogP contribution < -0.4 is 4.72 Å². The van der Waals surface area contributed by atoms with Crippen molar-refractivity contribution in [2.24, 2.45) is 5.92 Å². The van der Waals surface area contributed by atoms with Crippen LogP contribution in [-0.2, 0) is 25.6 Å². The van der Waals surface area contributed by atoms with Gasteiger partial charge in [-0.3, -0.25) is 4.57 Å². The van der Waals surface area contributed by atoms with Gasteiger partial charge < -0.3 is 14.9 Å². The molecule has 11 nitrogen and oxygen atoms in total. The lowest BCUT2D eigenvalue weighted by molar-refractivity contribution is -0.122. The molecule has 0 amide bonds. The summed E-state index contributed by atoms with van der Waals surface area (Å²) in [4.78, 5) is 12.6. The Balaban J connectivity index is 1.97. The molecule has 0 aliphatic carbocycles. The Morgan fingerprint density at radius 1 is 1.37 bits per heavy atom. The van der Waals surface area contributed by atoms with E-state index in [1.54, 1.807) is 0 Å². The van der Waals surface area contributed by atoms with Crippen LogP contribution in [0, 0.1) is 5.92 Å².